The molecule has 1 heterocycles. The summed E-state index contributed by atoms with van der Waals surface area (Å²) in [4.78, 5) is 23.4. The van der Waals surface area contributed by atoms with Gasteiger partial charge in [0, 0.05) is 5.56 Å². The molecule has 0 radical (unpaired) electrons. The molecule has 0 atom stereocenters. The number of hydrogen-bond donors (Lipinski definition) is 1. The van der Waals surface area contributed by atoms with E-state index in [-0.39, 0.29) is 17.6 Å². The number of ether oxygens (including phenoxy) is 2. The first-order valence-electron chi connectivity index (χ1n) is 6.69. The zero-order valence-corrected chi connectivity index (χ0v) is 14.2. The molecule has 2 rings (SSSR count). The van der Waals surface area contributed by atoms with Crippen molar-refractivity contribution in [2.75, 3.05) is 24.8 Å². The summed E-state index contributed by atoms with van der Waals surface area (Å²) in [7, 11) is 1.56. The Bertz CT molecular complexity index is 673. The number of thioether (sulfide) groups is 1. The number of aromatic nitrogens is 2. The first-order chi connectivity index (χ1) is 11.1. The van der Waals surface area contributed by atoms with Gasteiger partial charge in [-0.15, -0.1) is 10.2 Å². The first-order valence-corrected chi connectivity index (χ1v) is 8.50. The Hall–Kier alpha value is -2.13. The summed E-state index contributed by atoms with van der Waals surface area (Å²) in [6.45, 7) is 2.10. The molecule has 9 heteroatoms. The third-order valence-electron chi connectivity index (χ3n) is 2.60. The number of hydrogen-bond acceptors (Lipinski definition) is 8. The molecule has 2 aromatic rings. The number of anilines is 1. The van der Waals surface area contributed by atoms with E-state index in [2.05, 4.69) is 15.5 Å². The maximum absolute atomic E-state index is 12.1. The summed E-state index contributed by atoms with van der Waals surface area (Å²) in [5.74, 6) is 0.243. The fourth-order valence-electron chi connectivity index (χ4n) is 1.55. The molecule has 122 valence electrons. The van der Waals surface area contributed by atoms with Gasteiger partial charge in [-0.05, 0) is 31.2 Å². The Balaban J connectivity index is 1.90. The van der Waals surface area contributed by atoms with E-state index in [9.17, 15) is 9.59 Å². The lowest BCUT2D eigenvalue weighted by Crippen LogP contribution is -2.11. The van der Waals surface area contributed by atoms with E-state index >= 15 is 0 Å². The molecule has 1 amide bonds. The number of rotatable bonds is 7. The second kappa shape index (κ2) is 8.49. The number of nitrogens with zero attached hydrogens (tertiary/aromatic N) is 2. The highest BCUT2D eigenvalue weighted by Gasteiger charge is 2.12. The summed E-state index contributed by atoms with van der Waals surface area (Å²) in [5, 5.41) is 10.8. The van der Waals surface area contributed by atoms with E-state index in [0.29, 0.717) is 27.4 Å². The molecule has 0 aliphatic rings. The van der Waals surface area contributed by atoms with Crippen LogP contribution in [-0.4, -0.2) is 41.5 Å². The van der Waals surface area contributed by atoms with Gasteiger partial charge in [-0.1, -0.05) is 23.1 Å². The molecule has 23 heavy (non-hydrogen) atoms. The van der Waals surface area contributed by atoms with Gasteiger partial charge < -0.3 is 9.47 Å². The molecule has 1 aromatic carbocycles. The molecule has 0 aliphatic heterocycles. The Morgan fingerprint density at radius 2 is 2.00 bits per heavy atom. The van der Waals surface area contributed by atoms with Gasteiger partial charge in [0.25, 0.3) is 5.91 Å². The summed E-state index contributed by atoms with van der Waals surface area (Å²) < 4.78 is 10.5. The zero-order chi connectivity index (χ0) is 16.7. The van der Waals surface area contributed by atoms with Crippen molar-refractivity contribution in [1.82, 2.24) is 10.2 Å². The Labute approximate surface area is 141 Å². The van der Waals surface area contributed by atoms with Crippen molar-refractivity contribution in [1.29, 1.82) is 0 Å². The van der Waals surface area contributed by atoms with Crippen LogP contribution in [0.5, 0.6) is 5.75 Å². The maximum atomic E-state index is 12.1. The van der Waals surface area contributed by atoms with Crippen molar-refractivity contribution in [2.24, 2.45) is 0 Å². The van der Waals surface area contributed by atoms with E-state index < -0.39 is 0 Å². The predicted octanol–water partition coefficient (Wildman–Crippen LogP) is 2.45. The van der Waals surface area contributed by atoms with Crippen LogP contribution in [0.3, 0.4) is 0 Å². The topological polar surface area (TPSA) is 90.4 Å². The van der Waals surface area contributed by atoms with Crippen LogP contribution in [-0.2, 0) is 9.53 Å². The van der Waals surface area contributed by atoms with Crippen LogP contribution in [0.2, 0.25) is 0 Å². The molecule has 0 saturated heterocycles. The largest absolute Gasteiger partial charge is 0.497 e. The third-order valence-corrected chi connectivity index (χ3v) is 4.54. The molecule has 0 bridgehead atoms. The van der Waals surface area contributed by atoms with Crippen LogP contribution >= 0.6 is 23.1 Å². The second-order valence-electron chi connectivity index (χ2n) is 4.15. The molecule has 1 N–H and O–H groups in total. The van der Waals surface area contributed by atoms with Crippen LogP contribution in [0.25, 0.3) is 0 Å². The number of carbonyl (C=O) groups is 2. The van der Waals surface area contributed by atoms with Gasteiger partial charge in [-0.2, -0.15) is 0 Å². The number of carbonyl (C=O) groups excluding carboxylic acids is 2. The lowest BCUT2D eigenvalue weighted by molar-refractivity contribution is -0.139. The fraction of sp³-hybridized carbons (Fsp3) is 0.286. The zero-order valence-electron chi connectivity index (χ0n) is 12.6. The van der Waals surface area contributed by atoms with E-state index in [1.54, 1.807) is 38.3 Å². The van der Waals surface area contributed by atoms with Crippen molar-refractivity contribution in [3.8, 4) is 5.75 Å². The molecule has 0 unspecified atom stereocenters. The molecular formula is C14H15N3O4S2. The smallest absolute Gasteiger partial charge is 0.316 e. The normalized spacial score (nSPS) is 10.2. The molecule has 0 aliphatic carbocycles. The highest BCUT2D eigenvalue weighted by atomic mass is 32.2. The Kier molecular flexibility index (Phi) is 6.36. The molecular weight excluding hydrogens is 338 g/mol. The van der Waals surface area contributed by atoms with E-state index in [1.165, 1.54) is 23.1 Å². The van der Waals surface area contributed by atoms with Gasteiger partial charge in [0.2, 0.25) is 5.13 Å². The maximum Gasteiger partial charge on any atom is 0.316 e. The van der Waals surface area contributed by atoms with Gasteiger partial charge in [-0.25, -0.2) is 0 Å². The summed E-state index contributed by atoms with van der Waals surface area (Å²) in [6, 6.07) is 6.72. The average Bonchev–Trinajstić information content (AvgIpc) is 3.01. The van der Waals surface area contributed by atoms with Crippen molar-refractivity contribution < 1.29 is 19.1 Å². The molecule has 1 aromatic heterocycles. The SMILES string of the molecule is CCOC(=O)CSc1nnc(NC(=O)c2ccc(OC)cc2)s1. The average molecular weight is 353 g/mol. The quantitative estimate of drug-likeness (QED) is 0.464. The number of methoxy groups -OCH3 is 1. The summed E-state index contributed by atoms with van der Waals surface area (Å²) >= 11 is 2.42. The molecule has 7 nitrogen and oxygen atoms in total. The monoisotopic (exact) mass is 353 g/mol. The van der Waals surface area contributed by atoms with Gasteiger partial charge in [-0.3, -0.25) is 14.9 Å². The lowest BCUT2D eigenvalue weighted by Gasteiger charge is -2.02. The van der Waals surface area contributed by atoms with Crippen LogP contribution in [0.1, 0.15) is 17.3 Å². The van der Waals surface area contributed by atoms with Crippen LogP contribution < -0.4 is 10.1 Å². The predicted molar refractivity (Wildman–Crippen MR) is 88.2 cm³/mol. The van der Waals surface area contributed by atoms with Crippen molar-refractivity contribution >= 4 is 40.1 Å². The number of amides is 1. The minimum atomic E-state index is -0.309. The minimum Gasteiger partial charge on any atom is -0.497 e. The fourth-order valence-corrected chi connectivity index (χ4v) is 3.10. The van der Waals surface area contributed by atoms with Crippen molar-refractivity contribution in [3.05, 3.63) is 29.8 Å². The third kappa shape index (κ3) is 5.22. The molecule has 0 saturated carbocycles. The Morgan fingerprint density at radius 1 is 1.26 bits per heavy atom. The first kappa shape index (κ1) is 17.2. The minimum absolute atomic E-state index is 0.162. The van der Waals surface area contributed by atoms with Crippen molar-refractivity contribution in [2.45, 2.75) is 11.3 Å². The van der Waals surface area contributed by atoms with E-state index in [4.69, 9.17) is 9.47 Å². The number of nitrogens with one attached hydrogen (secondary N) is 1. The molecule has 0 fully saturated rings. The highest BCUT2D eigenvalue weighted by Crippen LogP contribution is 2.26. The summed E-state index contributed by atoms with van der Waals surface area (Å²) in [5.41, 5.74) is 0.488. The number of esters is 1. The Morgan fingerprint density at radius 3 is 2.65 bits per heavy atom. The van der Waals surface area contributed by atoms with Crippen molar-refractivity contribution in [3.63, 3.8) is 0 Å². The van der Waals surface area contributed by atoms with Gasteiger partial charge >= 0.3 is 5.97 Å². The van der Waals surface area contributed by atoms with Crippen LogP contribution in [0.4, 0.5) is 5.13 Å². The second-order valence-corrected chi connectivity index (χ2v) is 6.35. The van der Waals surface area contributed by atoms with Gasteiger partial charge in [0.15, 0.2) is 4.34 Å². The lowest BCUT2D eigenvalue weighted by atomic mass is 10.2. The van der Waals surface area contributed by atoms with Gasteiger partial charge in [0.1, 0.15) is 5.75 Å². The van der Waals surface area contributed by atoms with E-state index in [0.717, 1.165) is 0 Å². The van der Waals surface area contributed by atoms with Crippen LogP contribution in [0.15, 0.2) is 28.6 Å². The number of benzene rings is 1. The van der Waals surface area contributed by atoms with E-state index in [1.807, 2.05) is 0 Å². The molecule has 0 spiro atoms. The highest BCUT2D eigenvalue weighted by molar-refractivity contribution is 8.01. The van der Waals surface area contributed by atoms with Crippen LogP contribution in [0, 0.1) is 0 Å². The van der Waals surface area contributed by atoms with Gasteiger partial charge in [0.05, 0.1) is 19.5 Å². The standard InChI is InChI=1S/C14H15N3O4S2/c1-3-21-11(18)8-22-14-17-16-13(23-14)15-12(19)9-4-6-10(20-2)7-5-9/h4-7H,3,8H2,1-2H3,(H,15,16,19). The summed E-state index contributed by atoms with van der Waals surface area (Å²) in [6.07, 6.45) is 0.